The Morgan fingerprint density at radius 2 is 2.21 bits per heavy atom. The maximum atomic E-state index is 13.8. The number of hydrogen-bond acceptors (Lipinski definition) is 2. The fourth-order valence-corrected chi connectivity index (χ4v) is 2.71. The summed E-state index contributed by atoms with van der Waals surface area (Å²) >= 11 is 0. The summed E-state index contributed by atoms with van der Waals surface area (Å²) in [5.41, 5.74) is 1.11. The van der Waals surface area contributed by atoms with Gasteiger partial charge < -0.3 is 10.6 Å². The van der Waals surface area contributed by atoms with Gasteiger partial charge in [-0.15, -0.1) is 0 Å². The van der Waals surface area contributed by atoms with Crippen LogP contribution in [-0.2, 0) is 4.79 Å². The van der Waals surface area contributed by atoms with Gasteiger partial charge in [0.1, 0.15) is 5.82 Å². The molecule has 0 radical (unpaired) electrons. The van der Waals surface area contributed by atoms with E-state index in [1.807, 2.05) is 0 Å². The van der Waals surface area contributed by atoms with Crippen molar-refractivity contribution in [3.05, 3.63) is 24.0 Å². The molecule has 0 saturated heterocycles. The van der Waals surface area contributed by atoms with Gasteiger partial charge in [-0.2, -0.15) is 0 Å². The van der Waals surface area contributed by atoms with Gasteiger partial charge in [-0.05, 0) is 43.4 Å². The van der Waals surface area contributed by atoms with Gasteiger partial charge in [-0.3, -0.25) is 4.79 Å². The van der Waals surface area contributed by atoms with Crippen molar-refractivity contribution >= 4 is 17.3 Å². The third-order valence-electron chi connectivity index (χ3n) is 3.76. The van der Waals surface area contributed by atoms with Crippen molar-refractivity contribution in [3.8, 4) is 0 Å². The molecule has 0 aromatic heterocycles. The van der Waals surface area contributed by atoms with Crippen LogP contribution in [0.15, 0.2) is 18.2 Å². The Labute approximate surface area is 113 Å². The number of carbonyl (C=O) groups is 1. The first-order valence-corrected chi connectivity index (χ1v) is 6.92. The quantitative estimate of drug-likeness (QED) is 0.869. The number of halogens is 1. The predicted molar refractivity (Wildman–Crippen MR) is 75.7 cm³/mol. The summed E-state index contributed by atoms with van der Waals surface area (Å²) in [5, 5.41) is 5.93. The second-order valence-corrected chi connectivity index (χ2v) is 5.30. The molecule has 1 aliphatic carbocycles. The molecular formula is C15H21FN2O. The van der Waals surface area contributed by atoms with Gasteiger partial charge in [0.05, 0.1) is 5.69 Å². The van der Waals surface area contributed by atoms with E-state index in [0.717, 1.165) is 18.8 Å². The average Bonchev–Trinajstić information content (AvgIpc) is 2.80. The maximum absolute atomic E-state index is 13.8. The van der Waals surface area contributed by atoms with Gasteiger partial charge in [0, 0.05) is 18.7 Å². The lowest BCUT2D eigenvalue weighted by molar-refractivity contribution is -0.114. The lowest BCUT2D eigenvalue weighted by atomic mass is 10.1. The van der Waals surface area contributed by atoms with Gasteiger partial charge in [0.15, 0.2) is 0 Å². The Morgan fingerprint density at radius 3 is 2.84 bits per heavy atom. The summed E-state index contributed by atoms with van der Waals surface area (Å²) in [6.45, 7) is 3.64. The first-order chi connectivity index (χ1) is 9.08. The van der Waals surface area contributed by atoms with Crippen molar-refractivity contribution in [1.29, 1.82) is 0 Å². The molecule has 2 unspecified atom stereocenters. The predicted octanol–water partition coefficient (Wildman–Crippen LogP) is 3.77. The zero-order valence-corrected chi connectivity index (χ0v) is 11.5. The molecule has 4 heteroatoms. The average molecular weight is 264 g/mol. The molecule has 0 heterocycles. The Bertz CT molecular complexity index is 461. The smallest absolute Gasteiger partial charge is 0.221 e. The second kappa shape index (κ2) is 6.04. The molecule has 0 spiro atoms. The molecule has 2 N–H and O–H groups in total. The lowest BCUT2D eigenvalue weighted by Crippen LogP contribution is -2.17. The Morgan fingerprint density at radius 1 is 1.42 bits per heavy atom. The van der Waals surface area contributed by atoms with Crippen LogP contribution in [0.1, 0.15) is 39.5 Å². The zero-order chi connectivity index (χ0) is 13.8. The monoisotopic (exact) mass is 264 g/mol. The van der Waals surface area contributed by atoms with Crippen molar-refractivity contribution in [2.45, 2.75) is 45.6 Å². The highest BCUT2D eigenvalue weighted by Crippen LogP contribution is 2.31. The molecule has 1 fully saturated rings. The number of carbonyl (C=O) groups excluding carboxylic acids is 1. The normalized spacial score (nSPS) is 22.3. The SMILES string of the molecule is CCC1CCC(Nc2cc(NC(C)=O)ccc2F)C1. The highest BCUT2D eigenvalue weighted by Gasteiger charge is 2.23. The van der Waals surface area contributed by atoms with Crippen LogP contribution >= 0.6 is 0 Å². The van der Waals surface area contributed by atoms with Crippen LogP contribution in [0.25, 0.3) is 0 Å². The van der Waals surface area contributed by atoms with Crippen molar-refractivity contribution in [2.75, 3.05) is 10.6 Å². The number of benzene rings is 1. The molecule has 1 aliphatic rings. The van der Waals surface area contributed by atoms with Crippen molar-refractivity contribution in [3.63, 3.8) is 0 Å². The Kier molecular flexibility index (Phi) is 4.40. The number of rotatable bonds is 4. The number of anilines is 2. The standard InChI is InChI=1S/C15H21FN2O/c1-3-11-4-5-12(8-11)18-15-9-13(17-10(2)19)6-7-14(15)16/h6-7,9,11-12,18H,3-5,8H2,1-2H3,(H,17,19). The first kappa shape index (κ1) is 13.8. The molecule has 104 valence electrons. The summed E-state index contributed by atoms with van der Waals surface area (Å²) in [7, 11) is 0. The summed E-state index contributed by atoms with van der Waals surface area (Å²) in [6, 6.07) is 4.97. The van der Waals surface area contributed by atoms with E-state index in [2.05, 4.69) is 17.6 Å². The highest BCUT2D eigenvalue weighted by molar-refractivity contribution is 5.89. The van der Waals surface area contributed by atoms with Gasteiger partial charge in [-0.25, -0.2) is 4.39 Å². The van der Waals surface area contributed by atoms with Crippen molar-refractivity contribution in [2.24, 2.45) is 5.92 Å². The molecule has 1 amide bonds. The third kappa shape index (κ3) is 3.69. The van der Waals surface area contributed by atoms with Crippen molar-refractivity contribution in [1.82, 2.24) is 0 Å². The fourth-order valence-electron chi connectivity index (χ4n) is 2.71. The van der Waals surface area contributed by atoms with E-state index in [1.165, 1.54) is 25.8 Å². The first-order valence-electron chi connectivity index (χ1n) is 6.92. The van der Waals surface area contributed by atoms with E-state index in [0.29, 0.717) is 17.4 Å². The van der Waals surface area contributed by atoms with Crippen LogP contribution in [0.4, 0.5) is 15.8 Å². The van der Waals surface area contributed by atoms with Crippen LogP contribution in [0.3, 0.4) is 0 Å². The minimum absolute atomic E-state index is 0.149. The van der Waals surface area contributed by atoms with Crippen LogP contribution in [0.5, 0.6) is 0 Å². The second-order valence-electron chi connectivity index (χ2n) is 5.30. The molecule has 0 bridgehead atoms. The third-order valence-corrected chi connectivity index (χ3v) is 3.76. The molecule has 2 atom stereocenters. The lowest BCUT2D eigenvalue weighted by Gasteiger charge is -2.16. The largest absolute Gasteiger partial charge is 0.380 e. The summed E-state index contributed by atoms with van der Waals surface area (Å²) in [4.78, 5) is 11.0. The number of amides is 1. The van der Waals surface area contributed by atoms with Gasteiger partial charge >= 0.3 is 0 Å². The number of hydrogen-bond donors (Lipinski definition) is 2. The molecular weight excluding hydrogens is 243 g/mol. The van der Waals surface area contributed by atoms with Crippen LogP contribution in [0.2, 0.25) is 0 Å². The van der Waals surface area contributed by atoms with Crippen LogP contribution in [0, 0.1) is 11.7 Å². The van der Waals surface area contributed by atoms with Crippen LogP contribution < -0.4 is 10.6 Å². The van der Waals surface area contributed by atoms with E-state index < -0.39 is 0 Å². The van der Waals surface area contributed by atoms with Gasteiger partial charge in [0.2, 0.25) is 5.91 Å². The zero-order valence-electron chi connectivity index (χ0n) is 11.5. The summed E-state index contributed by atoms with van der Waals surface area (Å²) in [5.74, 6) is 0.331. The molecule has 3 nitrogen and oxygen atoms in total. The highest BCUT2D eigenvalue weighted by atomic mass is 19.1. The minimum atomic E-state index is -0.269. The molecule has 2 rings (SSSR count). The Balaban J connectivity index is 2.05. The van der Waals surface area contributed by atoms with Crippen molar-refractivity contribution < 1.29 is 9.18 Å². The Hall–Kier alpha value is -1.58. The summed E-state index contributed by atoms with van der Waals surface area (Å²) in [6.07, 6.45) is 4.58. The van der Waals surface area contributed by atoms with Gasteiger partial charge in [0.25, 0.3) is 0 Å². The maximum Gasteiger partial charge on any atom is 0.221 e. The molecule has 19 heavy (non-hydrogen) atoms. The van der Waals surface area contributed by atoms with E-state index in [9.17, 15) is 9.18 Å². The molecule has 1 saturated carbocycles. The minimum Gasteiger partial charge on any atom is -0.380 e. The molecule has 1 aromatic carbocycles. The topological polar surface area (TPSA) is 41.1 Å². The molecule has 1 aromatic rings. The molecule has 0 aliphatic heterocycles. The fraction of sp³-hybridized carbons (Fsp3) is 0.533. The van der Waals surface area contributed by atoms with E-state index in [4.69, 9.17) is 0 Å². The summed E-state index contributed by atoms with van der Waals surface area (Å²) < 4.78 is 13.8. The van der Waals surface area contributed by atoms with Gasteiger partial charge in [-0.1, -0.05) is 13.3 Å². The number of nitrogens with one attached hydrogen (secondary N) is 2. The van der Waals surface area contributed by atoms with E-state index in [-0.39, 0.29) is 11.7 Å². The van der Waals surface area contributed by atoms with E-state index >= 15 is 0 Å². The van der Waals surface area contributed by atoms with E-state index in [1.54, 1.807) is 12.1 Å². The van der Waals surface area contributed by atoms with Crippen LogP contribution in [-0.4, -0.2) is 11.9 Å².